The minimum absolute atomic E-state index is 0.0505. The molecule has 2 aliphatic rings. The molecule has 0 saturated carbocycles. The number of fused-ring (bicyclic) bond motifs is 1. The Bertz CT molecular complexity index is 985. The van der Waals surface area contributed by atoms with Crippen molar-refractivity contribution in [3.8, 4) is 0 Å². The molecule has 0 aromatic heterocycles. The third kappa shape index (κ3) is 3.56. The number of halogens is 6. The van der Waals surface area contributed by atoms with E-state index in [1.54, 1.807) is 6.07 Å². The number of alkyl halides is 3. The van der Waals surface area contributed by atoms with E-state index in [4.69, 9.17) is 28.9 Å². The van der Waals surface area contributed by atoms with E-state index in [1.165, 1.54) is 0 Å². The third-order valence-electron chi connectivity index (χ3n) is 5.47. The zero-order valence-electron chi connectivity index (χ0n) is 15.0. The maximum Gasteiger partial charge on any atom is 0.409 e. The Morgan fingerprint density at radius 2 is 1.83 bits per heavy atom. The van der Waals surface area contributed by atoms with Crippen molar-refractivity contribution in [3.63, 3.8) is 0 Å². The zero-order valence-corrected chi connectivity index (χ0v) is 17.3. The molecular weight excluding hydrogens is 447 g/mol. The fourth-order valence-corrected chi connectivity index (χ4v) is 5.33. The van der Waals surface area contributed by atoms with Crippen molar-refractivity contribution in [2.24, 2.45) is 10.1 Å². The maximum absolute atomic E-state index is 14.2. The summed E-state index contributed by atoms with van der Waals surface area (Å²) in [7, 11) is 0. The van der Waals surface area contributed by atoms with Gasteiger partial charge in [-0.2, -0.15) is 13.2 Å². The third-order valence-corrected chi connectivity index (χ3v) is 7.26. The van der Waals surface area contributed by atoms with Gasteiger partial charge in [0.1, 0.15) is 0 Å². The fourth-order valence-electron chi connectivity index (χ4n) is 3.88. The molecule has 154 valence electrons. The summed E-state index contributed by atoms with van der Waals surface area (Å²) in [5.74, 6) is -0.940. The molecule has 0 amide bonds. The smallest absolute Gasteiger partial charge is 0.324 e. The van der Waals surface area contributed by atoms with Crippen molar-refractivity contribution in [3.05, 3.63) is 68.4 Å². The Balaban J connectivity index is 1.73. The number of nitrogens with zero attached hydrogens (tertiary/aromatic N) is 1. The highest BCUT2D eigenvalue weighted by Gasteiger charge is 2.60. The number of benzene rings is 2. The number of nitrogens with two attached hydrogens (primary N) is 1. The molecule has 0 spiro atoms. The number of hydrogen-bond acceptors (Lipinski definition) is 3. The van der Waals surface area contributed by atoms with Gasteiger partial charge in [-0.25, -0.2) is 8.79 Å². The molecule has 1 heterocycles. The van der Waals surface area contributed by atoms with Crippen LogP contribution in [0.5, 0.6) is 0 Å². The first-order valence-electron chi connectivity index (χ1n) is 8.98. The van der Waals surface area contributed by atoms with Gasteiger partial charge in [0.25, 0.3) is 0 Å². The van der Waals surface area contributed by atoms with E-state index in [0.29, 0.717) is 23.2 Å². The summed E-state index contributed by atoms with van der Waals surface area (Å²) < 4.78 is 58.1. The van der Waals surface area contributed by atoms with Gasteiger partial charge >= 0.3 is 6.18 Å². The Morgan fingerprint density at radius 1 is 1.14 bits per heavy atom. The largest absolute Gasteiger partial charge is 0.409 e. The summed E-state index contributed by atoms with van der Waals surface area (Å²) in [6, 6.07) is 7.43. The van der Waals surface area contributed by atoms with Crippen LogP contribution in [0.15, 0.2) is 34.7 Å². The van der Waals surface area contributed by atoms with Crippen LogP contribution in [0.4, 0.5) is 17.6 Å². The van der Waals surface area contributed by atoms with Gasteiger partial charge in [0, 0.05) is 12.5 Å². The number of aryl methyl sites for hydroxylation is 1. The second-order valence-electron chi connectivity index (χ2n) is 7.30. The van der Waals surface area contributed by atoms with E-state index in [0.717, 1.165) is 42.5 Å². The van der Waals surface area contributed by atoms with Gasteiger partial charge < -0.3 is 5.73 Å². The highest BCUT2D eigenvalue weighted by atomic mass is 35.5. The van der Waals surface area contributed by atoms with Crippen LogP contribution in [0.2, 0.25) is 10.0 Å². The summed E-state index contributed by atoms with van der Waals surface area (Å²) in [4.78, 5) is 0. The molecule has 2 aromatic carbocycles. The van der Waals surface area contributed by atoms with E-state index in [2.05, 4.69) is 4.40 Å². The lowest BCUT2D eigenvalue weighted by Crippen LogP contribution is -2.38. The molecule has 9 heteroatoms. The molecule has 4 rings (SSSR count). The topological polar surface area (TPSA) is 38.4 Å². The molecule has 1 aliphatic carbocycles. The molecule has 2 unspecified atom stereocenters. The fraction of sp³-hybridized carbons (Fsp3) is 0.350. The minimum Gasteiger partial charge on any atom is -0.324 e. The predicted octanol–water partition coefficient (Wildman–Crippen LogP) is 6.77. The van der Waals surface area contributed by atoms with Gasteiger partial charge in [-0.1, -0.05) is 35.3 Å². The van der Waals surface area contributed by atoms with Crippen LogP contribution in [0.25, 0.3) is 0 Å². The molecular formula is C20H16Cl2F4N2S. The second kappa shape index (κ2) is 7.45. The summed E-state index contributed by atoms with van der Waals surface area (Å²) in [6.45, 7) is 0. The van der Waals surface area contributed by atoms with E-state index in [-0.39, 0.29) is 11.6 Å². The highest BCUT2D eigenvalue weighted by Crippen LogP contribution is 2.57. The highest BCUT2D eigenvalue weighted by molar-refractivity contribution is 7.99. The first kappa shape index (κ1) is 21.0. The van der Waals surface area contributed by atoms with E-state index >= 15 is 0 Å². The first-order chi connectivity index (χ1) is 13.6. The monoisotopic (exact) mass is 462 g/mol. The molecule has 2 nitrogen and oxygen atoms in total. The molecule has 29 heavy (non-hydrogen) atoms. The Hall–Kier alpha value is -1.28. The lowest BCUT2D eigenvalue weighted by molar-refractivity contribution is -0.159. The van der Waals surface area contributed by atoms with Crippen LogP contribution in [-0.4, -0.2) is 11.9 Å². The Labute approximate surface area is 179 Å². The van der Waals surface area contributed by atoms with Crippen LogP contribution in [0.3, 0.4) is 0 Å². The van der Waals surface area contributed by atoms with Gasteiger partial charge in [-0.05, 0) is 71.7 Å². The van der Waals surface area contributed by atoms with E-state index in [9.17, 15) is 17.6 Å². The quantitative estimate of drug-likeness (QED) is 0.303. The lowest BCUT2D eigenvalue weighted by Gasteiger charge is -2.30. The van der Waals surface area contributed by atoms with Crippen LogP contribution in [0.1, 0.15) is 47.6 Å². The molecule has 2 aromatic rings. The van der Waals surface area contributed by atoms with E-state index < -0.39 is 33.2 Å². The van der Waals surface area contributed by atoms with Gasteiger partial charge in [0.2, 0.25) is 0 Å². The van der Waals surface area contributed by atoms with Crippen molar-refractivity contribution in [2.75, 3.05) is 0 Å². The van der Waals surface area contributed by atoms with Crippen molar-refractivity contribution in [2.45, 2.75) is 42.6 Å². The van der Waals surface area contributed by atoms with Crippen molar-refractivity contribution in [1.82, 2.24) is 0 Å². The average molecular weight is 463 g/mol. The summed E-state index contributed by atoms with van der Waals surface area (Å²) in [5.41, 5.74) is 8.95. The zero-order chi connectivity index (χ0) is 21.0. The lowest BCUT2D eigenvalue weighted by atomic mass is 9.84. The van der Waals surface area contributed by atoms with Gasteiger partial charge in [-0.15, -0.1) is 0 Å². The Morgan fingerprint density at radius 3 is 2.48 bits per heavy atom. The maximum atomic E-state index is 14.2. The van der Waals surface area contributed by atoms with Gasteiger partial charge in [-0.3, -0.25) is 0 Å². The van der Waals surface area contributed by atoms with Crippen molar-refractivity contribution < 1.29 is 17.6 Å². The molecule has 1 aliphatic heterocycles. The molecule has 2 N–H and O–H groups in total. The van der Waals surface area contributed by atoms with Gasteiger partial charge in [0.15, 0.2) is 10.6 Å². The molecule has 0 bridgehead atoms. The Kier molecular flexibility index (Phi) is 5.39. The second-order valence-corrected chi connectivity index (χ2v) is 9.17. The van der Waals surface area contributed by atoms with Crippen LogP contribution in [0, 0.1) is 5.82 Å². The molecule has 0 radical (unpaired) electrons. The molecule has 2 atom stereocenters. The minimum atomic E-state index is -4.65. The molecule has 0 saturated heterocycles. The summed E-state index contributed by atoms with van der Waals surface area (Å²) >= 11 is 12.0. The molecule has 0 fully saturated rings. The normalized spacial score (nSPS) is 24.4. The van der Waals surface area contributed by atoms with Crippen LogP contribution < -0.4 is 5.73 Å². The predicted molar refractivity (Wildman–Crippen MR) is 109 cm³/mol. The van der Waals surface area contributed by atoms with Crippen molar-refractivity contribution >= 4 is 40.9 Å². The average Bonchev–Trinajstić information content (AvgIpc) is 3.12. The first-order valence-corrected chi connectivity index (χ1v) is 10.5. The standard InChI is InChI=1S/C20H16Cl2F4N2S/c21-14-7-12(8-15(22)18(14)23)19(20(24,25)26)9-17(28-29-19)11-4-5-13-10(6-11)2-1-3-16(13)27/h4-8,16H,1-3,9,27H2. The SMILES string of the molecule is NC1CCCc2cc(C3=NSC(c4cc(Cl)c(F)c(Cl)c4)(C(F)(F)F)C3)ccc21. The van der Waals surface area contributed by atoms with Gasteiger partial charge in [0.05, 0.1) is 15.8 Å². The van der Waals surface area contributed by atoms with Crippen LogP contribution in [-0.2, 0) is 11.2 Å². The summed E-state index contributed by atoms with van der Waals surface area (Å²) in [6.07, 6.45) is -2.37. The van der Waals surface area contributed by atoms with E-state index in [1.807, 2.05) is 12.1 Å². The van der Waals surface area contributed by atoms with Crippen molar-refractivity contribution in [1.29, 1.82) is 0 Å². The van der Waals surface area contributed by atoms with Crippen LogP contribution >= 0.6 is 35.1 Å². The summed E-state index contributed by atoms with van der Waals surface area (Å²) in [5, 5.41) is -0.902. The number of rotatable bonds is 2. The number of hydrogen-bond donors (Lipinski definition) is 1.